The molecule has 3 amide bonds. The Morgan fingerprint density at radius 1 is 0.873 bits per heavy atom. The molecule has 2 saturated heterocycles. The monoisotopic (exact) mass is 1010 g/mol. The number of rotatable bonds is 19. The van der Waals surface area contributed by atoms with E-state index in [1.54, 1.807) is 91.1 Å². The number of phenolic OH excluding ortho intramolecular Hbond substituents is 2. The Hall–Kier alpha value is -6.27. The van der Waals surface area contributed by atoms with Crippen LogP contribution in [0.2, 0.25) is 0 Å². The van der Waals surface area contributed by atoms with Crippen molar-refractivity contribution in [2.75, 3.05) is 24.0 Å². The summed E-state index contributed by atoms with van der Waals surface area (Å²) >= 11 is 1.57. The van der Waals surface area contributed by atoms with Crippen molar-refractivity contribution in [2.45, 2.75) is 115 Å². The quantitative estimate of drug-likeness (QED) is 0.0510. The van der Waals surface area contributed by atoms with Crippen molar-refractivity contribution in [2.24, 2.45) is 5.41 Å². The predicted molar refractivity (Wildman–Crippen MR) is 274 cm³/mol. The number of phenols is 2. The zero-order valence-corrected chi connectivity index (χ0v) is 42.3. The van der Waals surface area contributed by atoms with Crippen molar-refractivity contribution >= 4 is 55.9 Å². The van der Waals surface area contributed by atoms with Gasteiger partial charge in [0.1, 0.15) is 40.7 Å². The number of aryl methyl sites for hydroxylation is 1. The van der Waals surface area contributed by atoms with Gasteiger partial charge >= 0.3 is 0 Å². The molecule has 8 rings (SSSR count). The van der Waals surface area contributed by atoms with Crippen LogP contribution in [0, 0.1) is 12.3 Å². The standard InChI is InChI=1S/C54H63N5O10S2/c1-6-59(71(66,67)45-29-44-47(35-15-21-39(60)22-16-35)48(49(45)69-44)36-17-23-40(61)24-18-36)38-19-25-42(26-20-38)68-27-9-7-8-10-46(63)57-51(54(3,4)5)53(65)58-31-41(62)28-43(58)52(64)55-30-34-11-13-37(14-12-34)50-33(2)56-32-70-50/h11-26,32,41,43-45,49,51,60-62H,6-10,27-31H2,1-5H3,(H,55,64)(H,57,63)/t41-,43+,44-,45?,49+,51-/m1/s1. The molecular weight excluding hydrogens is 943 g/mol. The number of likely N-dealkylation sites (tertiary alicyclic amines) is 1. The second-order valence-electron chi connectivity index (χ2n) is 19.5. The number of ether oxygens (including phenoxy) is 2. The number of aromatic nitrogens is 1. The Labute approximate surface area is 419 Å². The number of aliphatic hydroxyl groups excluding tert-OH is 1. The van der Waals surface area contributed by atoms with Crippen molar-refractivity contribution in [1.29, 1.82) is 0 Å². The minimum Gasteiger partial charge on any atom is -0.508 e. The summed E-state index contributed by atoms with van der Waals surface area (Å²) in [6, 6.07) is 26.4. The molecule has 5 aromatic rings. The first-order valence-corrected chi connectivity index (χ1v) is 26.6. The number of carbonyl (C=O) groups is 3. The van der Waals surface area contributed by atoms with E-state index in [0.717, 1.165) is 44.0 Å². The SMILES string of the molecule is CCN(c1ccc(OCCCCCC(=O)N[C@H](C(=O)N2C[C@H](O)C[C@H]2C(=O)NCc2ccc(-c3scnc3C)cc2)C(C)(C)C)cc1)S(=O)(=O)C1C[C@H]2O[C@@H]1C(c1ccc(O)cc1)=C2c1ccc(O)cc1. The molecule has 3 aliphatic heterocycles. The highest BCUT2D eigenvalue weighted by Gasteiger charge is 2.54. The van der Waals surface area contributed by atoms with Gasteiger partial charge in [0.25, 0.3) is 0 Å². The normalized spacial score (nSPS) is 20.3. The summed E-state index contributed by atoms with van der Waals surface area (Å²) < 4.78 is 42.8. The van der Waals surface area contributed by atoms with Crippen LogP contribution in [0.15, 0.2) is 103 Å². The predicted octanol–water partition coefficient (Wildman–Crippen LogP) is 7.58. The van der Waals surface area contributed by atoms with E-state index in [1.165, 1.54) is 9.21 Å². The van der Waals surface area contributed by atoms with Gasteiger partial charge in [-0.2, -0.15) is 0 Å². The van der Waals surface area contributed by atoms with Crippen LogP contribution >= 0.6 is 11.3 Å². The van der Waals surface area contributed by atoms with Gasteiger partial charge in [-0.25, -0.2) is 13.4 Å². The van der Waals surface area contributed by atoms with Gasteiger partial charge in [-0.15, -0.1) is 11.3 Å². The fraction of sp³-hybridized carbons (Fsp3) is 0.407. The summed E-state index contributed by atoms with van der Waals surface area (Å²) in [5.41, 5.74) is 7.72. The number of unbranched alkanes of at least 4 members (excludes halogenated alkanes) is 2. The Kier molecular flexibility index (Phi) is 15.6. The zero-order chi connectivity index (χ0) is 50.6. The summed E-state index contributed by atoms with van der Waals surface area (Å²) in [6.45, 7) is 10.1. The maximum atomic E-state index is 14.5. The van der Waals surface area contributed by atoms with Gasteiger partial charge in [-0.05, 0) is 127 Å². The average Bonchev–Trinajstić information content (AvgIpc) is 4.16. The van der Waals surface area contributed by atoms with Crippen LogP contribution in [0.1, 0.15) is 88.6 Å². The number of amides is 3. The Morgan fingerprint density at radius 3 is 2.11 bits per heavy atom. The lowest BCUT2D eigenvalue weighted by Gasteiger charge is -2.35. The van der Waals surface area contributed by atoms with Gasteiger partial charge < -0.3 is 40.3 Å². The fourth-order valence-corrected chi connectivity index (χ4v) is 12.6. The number of nitrogens with zero attached hydrogens (tertiary/aromatic N) is 3. The number of β-amino-alcohol motifs (C(OH)–C–C–N with tert-alkyl or cyclic N) is 1. The van der Waals surface area contributed by atoms with Crippen molar-refractivity contribution in [1.82, 2.24) is 20.5 Å². The molecule has 0 saturated carbocycles. The first kappa shape index (κ1) is 51.1. The summed E-state index contributed by atoms with van der Waals surface area (Å²) in [7, 11) is -3.93. The lowest BCUT2D eigenvalue weighted by molar-refractivity contribution is -0.144. The third kappa shape index (κ3) is 11.4. The van der Waals surface area contributed by atoms with Crippen LogP contribution in [-0.2, 0) is 35.7 Å². The minimum absolute atomic E-state index is 0.0101. The minimum atomic E-state index is -3.93. The molecule has 0 spiro atoms. The zero-order valence-electron chi connectivity index (χ0n) is 40.7. The molecule has 5 N–H and O–H groups in total. The number of benzene rings is 4. The van der Waals surface area contributed by atoms with E-state index in [2.05, 4.69) is 15.6 Å². The maximum Gasteiger partial charge on any atom is 0.246 e. The number of aliphatic hydroxyl groups is 1. The lowest BCUT2D eigenvalue weighted by atomic mass is 9.83. The molecule has 0 radical (unpaired) electrons. The van der Waals surface area contributed by atoms with E-state index in [1.807, 2.05) is 57.5 Å². The molecule has 15 nitrogen and oxygen atoms in total. The van der Waals surface area contributed by atoms with Crippen LogP contribution in [0.5, 0.6) is 17.2 Å². The molecule has 4 heterocycles. The van der Waals surface area contributed by atoms with Gasteiger partial charge in [0, 0.05) is 32.5 Å². The van der Waals surface area contributed by atoms with Crippen molar-refractivity contribution < 1.29 is 47.6 Å². The molecule has 376 valence electrons. The summed E-state index contributed by atoms with van der Waals surface area (Å²) in [5, 5.41) is 35.6. The van der Waals surface area contributed by atoms with Crippen LogP contribution in [0.25, 0.3) is 21.6 Å². The number of sulfonamides is 1. The molecule has 1 unspecified atom stereocenters. The molecule has 2 bridgehead atoms. The number of hydrogen-bond donors (Lipinski definition) is 5. The Balaban J connectivity index is 0.804. The van der Waals surface area contributed by atoms with Gasteiger partial charge in [0.05, 0.1) is 40.6 Å². The van der Waals surface area contributed by atoms with E-state index in [4.69, 9.17) is 9.47 Å². The number of carbonyl (C=O) groups excluding carboxylic acids is 3. The molecule has 4 aromatic carbocycles. The number of nitrogens with one attached hydrogen (secondary N) is 2. The number of aromatic hydroxyl groups is 2. The van der Waals surface area contributed by atoms with E-state index in [-0.39, 0.29) is 62.2 Å². The largest absolute Gasteiger partial charge is 0.508 e. The number of anilines is 1. The lowest BCUT2D eigenvalue weighted by Crippen LogP contribution is -2.57. The van der Waals surface area contributed by atoms with Crippen LogP contribution in [0.4, 0.5) is 5.69 Å². The summed E-state index contributed by atoms with van der Waals surface area (Å²) in [6.07, 6.45) is 0.318. The molecule has 71 heavy (non-hydrogen) atoms. The van der Waals surface area contributed by atoms with E-state index in [0.29, 0.717) is 37.3 Å². The third-order valence-electron chi connectivity index (χ3n) is 13.5. The number of fused-ring (bicyclic) bond motifs is 2. The molecule has 1 aromatic heterocycles. The second kappa shape index (κ2) is 21.6. The molecule has 17 heteroatoms. The molecule has 2 fully saturated rings. The molecule has 6 atom stereocenters. The van der Waals surface area contributed by atoms with Crippen molar-refractivity contribution in [3.05, 3.63) is 125 Å². The van der Waals surface area contributed by atoms with Crippen LogP contribution < -0.4 is 19.7 Å². The smallest absolute Gasteiger partial charge is 0.246 e. The van der Waals surface area contributed by atoms with Crippen LogP contribution in [0.3, 0.4) is 0 Å². The summed E-state index contributed by atoms with van der Waals surface area (Å²) in [5.74, 6) is -0.279. The van der Waals surface area contributed by atoms with E-state index >= 15 is 0 Å². The molecular formula is C54H63N5O10S2. The van der Waals surface area contributed by atoms with Gasteiger partial charge in [0.2, 0.25) is 27.7 Å². The molecule has 3 aliphatic rings. The average molecular weight is 1010 g/mol. The van der Waals surface area contributed by atoms with Gasteiger partial charge in [-0.1, -0.05) is 69.3 Å². The highest BCUT2D eigenvalue weighted by molar-refractivity contribution is 7.93. The van der Waals surface area contributed by atoms with Crippen molar-refractivity contribution in [3.63, 3.8) is 0 Å². The highest BCUT2D eigenvalue weighted by atomic mass is 32.2. The van der Waals surface area contributed by atoms with Crippen molar-refractivity contribution in [3.8, 4) is 27.7 Å². The van der Waals surface area contributed by atoms with Gasteiger partial charge in [-0.3, -0.25) is 18.7 Å². The highest BCUT2D eigenvalue weighted by Crippen LogP contribution is 2.51. The first-order chi connectivity index (χ1) is 33.9. The van der Waals surface area contributed by atoms with Crippen LogP contribution in [-0.4, -0.2) is 107 Å². The Morgan fingerprint density at radius 2 is 1.51 bits per heavy atom. The van der Waals surface area contributed by atoms with E-state index < -0.39 is 57.0 Å². The summed E-state index contributed by atoms with van der Waals surface area (Å²) in [4.78, 5) is 47.7. The van der Waals surface area contributed by atoms with E-state index in [9.17, 15) is 38.1 Å². The first-order valence-electron chi connectivity index (χ1n) is 24.2. The molecule has 0 aliphatic carbocycles. The third-order valence-corrected chi connectivity index (χ3v) is 16.7. The Bertz CT molecular complexity index is 2830. The number of thiazole rings is 1. The number of hydrogen-bond acceptors (Lipinski definition) is 12. The second-order valence-corrected chi connectivity index (χ2v) is 22.5. The maximum absolute atomic E-state index is 14.5. The van der Waals surface area contributed by atoms with Gasteiger partial charge in [0.15, 0.2) is 0 Å². The fourth-order valence-electron chi connectivity index (χ4n) is 9.79. The topological polar surface area (TPSA) is 208 Å².